The van der Waals surface area contributed by atoms with E-state index in [0.717, 1.165) is 31.4 Å². The van der Waals surface area contributed by atoms with Gasteiger partial charge in [0.1, 0.15) is 11.5 Å². The lowest BCUT2D eigenvalue weighted by Gasteiger charge is -2.20. The molecule has 6 nitrogen and oxygen atoms in total. The second-order valence-electron chi connectivity index (χ2n) is 6.17. The van der Waals surface area contributed by atoms with Crippen molar-refractivity contribution in [3.8, 4) is 11.5 Å². The summed E-state index contributed by atoms with van der Waals surface area (Å²) in [7, 11) is 0. The van der Waals surface area contributed by atoms with E-state index in [1.54, 1.807) is 24.3 Å². The molecule has 1 aliphatic carbocycles. The Balaban J connectivity index is 1.56. The highest BCUT2D eigenvalue weighted by Gasteiger charge is 2.20. The summed E-state index contributed by atoms with van der Waals surface area (Å²) in [4.78, 5) is 23.7. The molecule has 0 atom stereocenters. The number of ether oxygens (including phenoxy) is 2. The molecule has 0 aliphatic heterocycles. The standard InChI is InChI=1S/C19H28N2O4/c1-2-24-16-8-10-17(11-9-16)25-14-18(22)20-12-13-21-19(23)15-6-4-3-5-7-15/h8-11,15H,2-7,12-14H2,1H3,(H,20,22)(H,21,23). The monoisotopic (exact) mass is 348 g/mol. The fraction of sp³-hybridized carbons (Fsp3) is 0.579. The van der Waals surface area contributed by atoms with E-state index in [0.29, 0.717) is 25.4 Å². The summed E-state index contributed by atoms with van der Waals surface area (Å²) in [5.74, 6) is 1.44. The first-order valence-electron chi connectivity index (χ1n) is 9.09. The maximum absolute atomic E-state index is 12.0. The second-order valence-corrected chi connectivity index (χ2v) is 6.17. The number of amides is 2. The summed E-state index contributed by atoms with van der Waals surface area (Å²) in [6.07, 6.45) is 5.46. The number of nitrogens with one attached hydrogen (secondary N) is 2. The molecule has 1 aromatic carbocycles. The van der Waals surface area contributed by atoms with Crippen LogP contribution >= 0.6 is 0 Å². The van der Waals surface area contributed by atoms with Crippen LogP contribution in [0.2, 0.25) is 0 Å². The van der Waals surface area contributed by atoms with Crippen LogP contribution in [0.5, 0.6) is 11.5 Å². The summed E-state index contributed by atoms with van der Waals surface area (Å²) < 4.78 is 10.8. The Morgan fingerprint density at radius 3 is 2.20 bits per heavy atom. The number of hydrogen-bond acceptors (Lipinski definition) is 4. The molecule has 6 heteroatoms. The Labute approximate surface area is 149 Å². The smallest absolute Gasteiger partial charge is 0.258 e. The van der Waals surface area contributed by atoms with Crippen LogP contribution in [-0.4, -0.2) is 38.1 Å². The third kappa shape index (κ3) is 7.03. The molecular formula is C19H28N2O4. The molecule has 0 spiro atoms. The Morgan fingerprint density at radius 2 is 1.56 bits per heavy atom. The quantitative estimate of drug-likeness (QED) is 0.671. The highest BCUT2D eigenvalue weighted by atomic mass is 16.5. The highest BCUT2D eigenvalue weighted by molar-refractivity contribution is 5.79. The van der Waals surface area contributed by atoms with Crippen LogP contribution in [0.25, 0.3) is 0 Å². The molecule has 2 N–H and O–H groups in total. The van der Waals surface area contributed by atoms with Crippen LogP contribution in [0.4, 0.5) is 0 Å². The van der Waals surface area contributed by atoms with Crippen LogP contribution < -0.4 is 20.1 Å². The zero-order valence-corrected chi connectivity index (χ0v) is 14.9. The zero-order valence-electron chi connectivity index (χ0n) is 14.9. The predicted octanol–water partition coefficient (Wildman–Crippen LogP) is 2.28. The van der Waals surface area contributed by atoms with Crippen LogP contribution in [0.15, 0.2) is 24.3 Å². The van der Waals surface area contributed by atoms with E-state index in [1.165, 1.54) is 6.42 Å². The van der Waals surface area contributed by atoms with Gasteiger partial charge in [0.15, 0.2) is 6.61 Å². The van der Waals surface area contributed by atoms with E-state index in [1.807, 2.05) is 6.92 Å². The Morgan fingerprint density at radius 1 is 0.960 bits per heavy atom. The summed E-state index contributed by atoms with van der Waals surface area (Å²) in [5, 5.41) is 5.63. The van der Waals surface area contributed by atoms with Gasteiger partial charge in [0.05, 0.1) is 6.61 Å². The summed E-state index contributed by atoms with van der Waals surface area (Å²) >= 11 is 0. The van der Waals surface area contributed by atoms with Crippen molar-refractivity contribution in [1.82, 2.24) is 10.6 Å². The van der Waals surface area contributed by atoms with Crippen molar-refractivity contribution in [3.05, 3.63) is 24.3 Å². The topological polar surface area (TPSA) is 76.7 Å². The third-order valence-corrected chi connectivity index (χ3v) is 4.23. The van der Waals surface area contributed by atoms with Crippen molar-refractivity contribution >= 4 is 11.8 Å². The van der Waals surface area contributed by atoms with Crippen molar-refractivity contribution in [2.75, 3.05) is 26.3 Å². The lowest BCUT2D eigenvalue weighted by Crippen LogP contribution is -2.39. The van der Waals surface area contributed by atoms with Gasteiger partial charge >= 0.3 is 0 Å². The first-order valence-corrected chi connectivity index (χ1v) is 9.09. The molecule has 1 fully saturated rings. The van der Waals surface area contributed by atoms with Crippen LogP contribution in [-0.2, 0) is 9.59 Å². The van der Waals surface area contributed by atoms with Gasteiger partial charge < -0.3 is 20.1 Å². The molecule has 0 heterocycles. The van der Waals surface area contributed by atoms with E-state index in [4.69, 9.17) is 9.47 Å². The molecule has 1 aromatic rings. The van der Waals surface area contributed by atoms with Gasteiger partial charge in [0.2, 0.25) is 5.91 Å². The Hall–Kier alpha value is -2.24. The van der Waals surface area contributed by atoms with Crippen molar-refractivity contribution < 1.29 is 19.1 Å². The Bertz CT molecular complexity index is 539. The van der Waals surface area contributed by atoms with E-state index < -0.39 is 0 Å². The minimum atomic E-state index is -0.208. The molecule has 0 unspecified atom stereocenters. The number of carbonyl (C=O) groups excluding carboxylic acids is 2. The molecule has 0 saturated heterocycles. The van der Waals surface area contributed by atoms with E-state index >= 15 is 0 Å². The molecule has 1 aliphatic rings. The number of carbonyl (C=O) groups is 2. The average molecular weight is 348 g/mol. The molecule has 2 rings (SSSR count). The van der Waals surface area contributed by atoms with E-state index in [9.17, 15) is 9.59 Å². The number of benzene rings is 1. The average Bonchev–Trinajstić information content (AvgIpc) is 2.65. The van der Waals surface area contributed by atoms with Gasteiger partial charge in [0, 0.05) is 19.0 Å². The lowest BCUT2D eigenvalue weighted by molar-refractivity contribution is -0.126. The molecule has 0 aromatic heterocycles. The predicted molar refractivity (Wildman–Crippen MR) is 95.7 cm³/mol. The first-order chi connectivity index (χ1) is 12.2. The van der Waals surface area contributed by atoms with Crippen LogP contribution in [0.1, 0.15) is 39.0 Å². The molecule has 25 heavy (non-hydrogen) atoms. The van der Waals surface area contributed by atoms with Gasteiger partial charge in [-0.15, -0.1) is 0 Å². The van der Waals surface area contributed by atoms with Gasteiger partial charge in [-0.25, -0.2) is 0 Å². The van der Waals surface area contributed by atoms with Gasteiger partial charge in [0.25, 0.3) is 5.91 Å². The zero-order chi connectivity index (χ0) is 17.9. The fourth-order valence-corrected chi connectivity index (χ4v) is 2.90. The lowest BCUT2D eigenvalue weighted by atomic mass is 9.89. The second kappa shape index (κ2) is 10.6. The van der Waals surface area contributed by atoms with Crippen molar-refractivity contribution in [2.45, 2.75) is 39.0 Å². The fourth-order valence-electron chi connectivity index (χ4n) is 2.90. The van der Waals surface area contributed by atoms with E-state index in [2.05, 4.69) is 10.6 Å². The third-order valence-electron chi connectivity index (χ3n) is 4.23. The molecular weight excluding hydrogens is 320 g/mol. The molecule has 2 amide bonds. The van der Waals surface area contributed by atoms with Crippen LogP contribution in [0, 0.1) is 5.92 Å². The maximum atomic E-state index is 12.0. The van der Waals surface area contributed by atoms with Crippen molar-refractivity contribution in [3.63, 3.8) is 0 Å². The molecule has 1 saturated carbocycles. The number of rotatable bonds is 9. The summed E-state index contributed by atoms with van der Waals surface area (Å²) in [5.41, 5.74) is 0. The van der Waals surface area contributed by atoms with Gasteiger partial charge in [-0.05, 0) is 44.0 Å². The highest BCUT2D eigenvalue weighted by Crippen LogP contribution is 2.23. The molecule has 138 valence electrons. The Kier molecular flexibility index (Phi) is 8.09. The minimum absolute atomic E-state index is 0.0510. The SMILES string of the molecule is CCOc1ccc(OCC(=O)NCCNC(=O)C2CCCCC2)cc1. The van der Waals surface area contributed by atoms with Gasteiger partial charge in [-0.2, -0.15) is 0 Å². The maximum Gasteiger partial charge on any atom is 0.258 e. The molecule has 0 radical (unpaired) electrons. The van der Waals surface area contributed by atoms with E-state index in [-0.39, 0.29) is 24.3 Å². The van der Waals surface area contributed by atoms with Crippen LogP contribution in [0.3, 0.4) is 0 Å². The summed E-state index contributed by atoms with van der Waals surface area (Å²) in [6, 6.07) is 7.14. The summed E-state index contributed by atoms with van der Waals surface area (Å²) in [6.45, 7) is 3.34. The number of hydrogen-bond donors (Lipinski definition) is 2. The first kappa shape index (κ1) is 19.1. The normalized spacial score (nSPS) is 14.6. The van der Waals surface area contributed by atoms with Crippen molar-refractivity contribution in [2.24, 2.45) is 5.92 Å². The largest absolute Gasteiger partial charge is 0.494 e. The van der Waals surface area contributed by atoms with Gasteiger partial charge in [-0.3, -0.25) is 9.59 Å². The minimum Gasteiger partial charge on any atom is -0.494 e. The van der Waals surface area contributed by atoms with Gasteiger partial charge in [-0.1, -0.05) is 19.3 Å². The van der Waals surface area contributed by atoms with Crippen molar-refractivity contribution in [1.29, 1.82) is 0 Å². The molecule has 0 bridgehead atoms.